The molecule has 0 saturated heterocycles. The molecule has 2 rings (SSSR count). The number of halogens is 1. The summed E-state index contributed by atoms with van der Waals surface area (Å²) >= 11 is 0. The highest BCUT2D eigenvalue weighted by molar-refractivity contribution is 5.62. The molecule has 2 aromatic rings. The van der Waals surface area contributed by atoms with Gasteiger partial charge in [-0.25, -0.2) is 4.39 Å². The van der Waals surface area contributed by atoms with Crippen LogP contribution in [0.5, 0.6) is 0 Å². The van der Waals surface area contributed by atoms with Crippen molar-refractivity contribution in [2.45, 2.75) is 26.3 Å². The van der Waals surface area contributed by atoms with E-state index in [1.807, 2.05) is 31.2 Å². The Hall–Kier alpha value is -2.43. The Bertz CT molecular complexity index is 641. The van der Waals surface area contributed by atoms with E-state index in [-0.39, 0.29) is 11.7 Å². The van der Waals surface area contributed by atoms with Crippen LogP contribution in [0.25, 0.3) is 0 Å². The van der Waals surface area contributed by atoms with Gasteiger partial charge in [0.05, 0.1) is 11.0 Å². The zero-order chi connectivity index (χ0) is 15.4. The third-order valence-electron chi connectivity index (χ3n) is 3.42. The minimum absolute atomic E-state index is 0.111. The molecular weight excluding hydrogens is 271 g/mol. The molecule has 0 fully saturated rings. The van der Waals surface area contributed by atoms with Gasteiger partial charge in [0.15, 0.2) is 0 Å². The SMILES string of the molecule is CCc1ccc(C(C)Nc2ccc(F)cc2[N+](=O)[O-])cc1. The van der Waals surface area contributed by atoms with Crippen LogP contribution in [0, 0.1) is 15.9 Å². The molecular formula is C16H17FN2O2. The summed E-state index contributed by atoms with van der Waals surface area (Å²) < 4.78 is 13.1. The van der Waals surface area contributed by atoms with Crippen molar-refractivity contribution in [3.63, 3.8) is 0 Å². The number of aryl methyl sites for hydroxylation is 1. The molecule has 0 amide bonds. The van der Waals surface area contributed by atoms with Crippen LogP contribution in [0.15, 0.2) is 42.5 Å². The summed E-state index contributed by atoms with van der Waals surface area (Å²) in [5.74, 6) is -0.618. The Morgan fingerprint density at radius 3 is 2.48 bits per heavy atom. The number of hydrogen-bond acceptors (Lipinski definition) is 3. The van der Waals surface area contributed by atoms with Crippen molar-refractivity contribution in [3.05, 3.63) is 69.5 Å². The lowest BCUT2D eigenvalue weighted by Gasteiger charge is -2.16. The van der Waals surface area contributed by atoms with Gasteiger partial charge in [0.2, 0.25) is 0 Å². The first-order chi connectivity index (χ1) is 10.0. The largest absolute Gasteiger partial charge is 0.373 e. The second-order valence-corrected chi connectivity index (χ2v) is 4.88. The van der Waals surface area contributed by atoms with E-state index >= 15 is 0 Å². The zero-order valence-corrected chi connectivity index (χ0v) is 12.0. The van der Waals surface area contributed by atoms with Gasteiger partial charge in [-0.1, -0.05) is 31.2 Å². The molecule has 1 N–H and O–H groups in total. The van der Waals surface area contributed by atoms with E-state index in [0.29, 0.717) is 5.69 Å². The molecule has 1 unspecified atom stereocenters. The maximum absolute atomic E-state index is 13.1. The van der Waals surface area contributed by atoms with E-state index in [2.05, 4.69) is 12.2 Å². The Morgan fingerprint density at radius 1 is 1.24 bits per heavy atom. The van der Waals surface area contributed by atoms with E-state index in [1.165, 1.54) is 17.7 Å². The highest BCUT2D eigenvalue weighted by Crippen LogP contribution is 2.28. The predicted octanol–water partition coefficient (Wildman–Crippen LogP) is 4.47. The lowest BCUT2D eigenvalue weighted by molar-refractivity contribution is -0.384. The van der Waals surface area contributed by atoms with Crippen molar-refractivity contribution in [1.29, 1.82) is 0 Å². The first-order valence-electron chi connectivity index (χ1n) is 6.80. The third kappa shape index (κ3) is 3.56. The van der Waals surface area contributed by atoms with Crippen molar-refractivity contribution in [2.24, 2.45) is 0 Å². The van der Waals surface area contributed by atoms with Crippen LogP contribution in [-0.4, -0.2) is 4.92 Å². The molecule has 0 aliphatic heterocycles. The van der Waals surface area contributed by atoms with Gasteiger partial charge in [0.1, 0.15) is 11.5 Å². The second-order valence-electron chi connectivity index (χ2n) is 4.88. The maximum atomic E-state index is 13.1. The average molecular weight is 288 g/mol. The third-order valence-corrected chi connectivity index (χ3v) is 3.42. The van der Waals surface area contributed by atoms with E-state index in [9.17, 15) is 14.5 Å². The summed E-state index contributed by atoms with van der Waals surface area (Å²) in [6.07, 6.45) is 0.964. The van der Waals surface area contributed by atoms with Gasteiger partial charge >= 0.3 is 0 Å². The highest BCUT2D eigenvalue weighted by Gasteiger charge is 2.17. The molecule has 110 valence electrons. The van der Waals surface area contributed by atoms with E-state index in [1.54, 1.807) is 0 Å². The predicted molar refractivity (Wildman–Crippen MR) is 80.9 cm³/mol. The average Bonchev–Trinajstić information content (AvgIpc) is 2.49. The van der Waals surface area contributed by atoms with Crippen molar-refractivity contribution < 1.29 is 9.31 Å². The quantitative estimate of drug-likeness (QED) is 0.652. The standard InChI is InChI=1S/C16H17FN2O2/c1-3-12-4-6-13(7-5-12)11(2)18-15-9-8-14(17)10-16(15)19(20)21/h4-11,18H,3H2,1-2H3. The van der Waals surface area contributed by atoms with Gasteiger partial charge in [0, 0.05) is 6.04 Å². The minimum atomic E-state index is -0.618. The van der Waals surface area contributed by atoms with E-state index in [0.717, 1.165) is 18.1 Å². The highest BCUT2D eigenvalue weighted by atomic mass is 19.1. The summed E-state index contributed by atoms with van der Waals surface area (Å²) in [7, 11) is 0. The molecule has 1 atom stereocenters. The molecule has 0 saturated carbocycles. The lowest BCUT2D eigenvalue weighted by atomic mass is 10.0. The zero-order valence-electron chi connectivity index (χ0n) is 12.0. The Labute approximate surface area is 122 Å². The molecule has 21 heavy (non-hydrogen) atoms. The smallest absolute Gasteiger partial charge is 0.295 e. The summed E-state index contributed by atoms with van der Waals surface area (Å²) in [5.41, 5.74) is 2.31. The topological polar surface area (TPSA) is 55.2 Å². The van der Waals surface area contributed by atoms with Crippen molar-refractivity contribution in [2.75, 3.05) is 5.32 Å². The molecule has 0 spiro atoms. The normalized spacial score (nSPS) is 12.0. The second kappa shape index (κ2) is 6.35. The summed E-state index contributed by atoms with van der Waals surface area (Å²) in [5, 5.41) is 14.0. The number of benzene rings is 2. The number of nitro benzene ring substituents is 1. The molecule has 2 aromatic carbocycles. The molecule has 0 aromatic heterocycles. The van der Waals surface area contributed by atoms with E-state index in [4.69, 9.17) is 0 Å². The number of nitro groups is 1. The van der Waals surface area contributed by atoms with Crippen LogP contribution in [-0.2, 0) is 6.42 Å². The molecule has 0 aliphatic carbocycles. The Morgan fingerprint density at radius 2 is 1.90 bits per heavy atom. The summed E-state index contributed by atoms with van der Waals surface area (Å²) in [6.45, 7) is 3.99. The van der Waals surface area contributed by atoms with Crippen molar-refractivity contribution >= 4 is 11.4 Å². The van der Waals surface area contributed by atoms with Crippen molar-refractivity contribution in [3.8, 4) is 0 Å². The van der Waals surface area contributed by atoms with Crippen LogP contribution in [0.1, 0.15) is 31.0 Å². The maximum Gasteiger partial charge on any atom is 0.295 e. The number of rotatable bonds is 5. The fourth-order valence-electron chi connectivity index (χ4n) is 2.14. The Balaban J connectivity index is 2.22. The lowest BCUT2D eigenvalue weighted by Crippen LogP contribution is -2.08. The first-order valence-corrected chi connectivity index (χ1v) is 6.80. The Kier molecular flexibility index (Phi) is 4.52. The number of hydrogen-bond donors (Lipinski definition) is 1. The van der Waals surface area contributed by atoms with Crippen LogP contribution in [0.4, 0.5) is 15.8 Å². The monoisotopic (exact) mass is 288 g/mol. The summed E-state index contributed by atoms with van der Waals surface area (Å²) in [4.78, 5) is 10.4. The molecule has 5 heteroatoms. The van der Waals surface area contributed by atoms with Gasteiger partial charge in [-0.2, -0.15) is 0 Å². The van der Waals surface area contributed by atoms with Gasteiger partial charge in [-0.05, 0) is 36.6 Å². The summed E-state index contributed by atoms with van der Waals surface area (Å²) in [6, 6.07) is 11.5. The number of nitrogens with one attached hydrogen (secondary N) is 1. The van der Waals surface area contributed by atoms with Crippen LogP contribution in [0.2, 0.25) is 0 Å². The van der Waals surface area contributed by atoms with Crippen LogP contribution < -0.4 is 5.32 Å². The number of nitrogens with zero attached hydrogens (tertiary/aromatic N) is 1. The molecule has 0 radical (unpaired) electrons. The molecule has 4 nitrogen and oxygen atoms in total. The van der Waals surface area contributed by atoms with Crippen molar-refractivity contribution in [1.82, 2.24) is 0 Å². The van der Waals surface area contributed by atoms with Gasteiger partial charge in [-0.3, -0.25) is 10.1 Å². The van der Waals surface area contributed by atoms with Crippen LogP contribution >= 0.6 is 0 Å². The number of anilines is 1. The fraction of sp³-hybridized carbons (Fsp3) is 0.250. The van der Waals surface area contributed by atoms with Crippen LogP contribution in [0.3, 0.4) is 0 Å². The molecule has 0 aliphatic rings. The van der Waals surface area contributed by atoms with Gasteiger partial charge in [-0.15, -0.1) is 0 Å². The van der Waals surface area contributed by atoms with E-state index < -0.39 is 10.7 Å². The van der Waals surface area contributed by atoms with Gasteiger partial charge < -0.3 is 5.32 Å². The fourth-order valence-corrected chi connectivity index (χ4v) is 2.14. The molecule has 0 heterocycles. The minimum Gasteiger partial charge on any atom is -0.373 e. The van der Waals surface area contributed by atoms with Gasteiger partial charge in [0.25, 0.3) is 5.69 Å². The molecule has 0 bridgehead atoms. The first kappa shape index (κ1) is 15.0.